The van der Waals surface area contributed by atoms with Crippen LogP contribution in [0.4, 0.5) is 0 Å². The van der Waals surface area contributed by atoms with Gasteiger partial charge in [0.2, 0.25) is 0 Å². The van der Waals surface area contributed by atoms with Crippen molar-refractivity contribution in [1.29, 1.82) is 0 Å². The molecule has 1 heterocycles. The second kappa shape index (κ2) is 6.73. The molecule has 2 fully saturated rings. The average molecular weight is 272 g/mol. The third kappa shape index (κ3) is 3.24. The minimum atomic E-state index is 0.745. The molecule has 0 bridgehead atoms. The number of fused-ring (bicyclic) bond motifs is 1. The van der Waals surface area contributed by atoms with Crippen LogP contribution < -0.4 is 5.73 Å². The van der Waals surface area contributed by atoms with Gasteiger partial charge in [-0.15, -0.1) is 0 Å². The smallest absolute Gasteiger partial charge is 0.0236 e. The van der Waals surface area contributed by atoms with Crippen molar-refractivity contribution in [1.82, 2.24) is 4.90 Å². The van der Waals surface area contributed by atoms with Crippen molar-refractivity contribution in [2.45, 2.75) is 57.5 Å². The van der Waals surface area contributed by atoms with Gasteiger partial charge in [-0.2, -0.15) is 0 Å². The zero-order valence-corrected chi connectivity index (χ0v) is 12.6. The molecule has 2 heteroatoms. The monoisotopic (exact) mass is 272 g/mol. The molecule has 2 aliphatic rings. The Morgan fingerprint density at radius 3 is 2.45 bits per heavy atom. The summed E-state index contributed by atoms with van der Waals surface area (Å²) in [6.07, 6.45) is 9.65. The first-order valence-corrected chi connectivity index (χ1v) is 8.39. The lowest BCUT2D eigenvalue weighted by Gasteiger charge is -2.44. The molecule has 1 saturated heterocycles. The highest BCUT2D eigenvalue weighted by molar-refractivity contribution is 5.23. The maximum absolute atomic E-state index is 5.61. The maximum atomic E-state index is 5.61. The summed E-state index contributed by atoms with van der Waals surface area (Å²) in [6, 6.07) is 9.98. The summed E-state index contributed by atoms with van der Waals surface area (Å²) in [5.41, 5.74) is 8.45. The molecule has 2 N–H and O–H groups in total. The first-order valence-electron chi connectivity index (χ1n) is 8.39. The summed E-state index contributed by atoms with van der Waals surface area (Å²) in [5.74, 6) is 0.981. The van der Waals surface area contributed by atoms with Crippen LogP contribution in [-0.4, -0.2) is 24.0 Å². The van der Waals surface area contributed by atoms with Crippen LogP contribution in [-0.2, 0) is 13.0 Å². The average Bonchev–Trinajstić information content (AvgIpc) is 2.50. The van der Waals surface area contributed by atoms with Crippen LogP contribution in [0.1, 0.15) is 49.7 Å². The van der Waals surface area contributed by atoms with E-state index in [2.05, 4.69) is 29.2 Å². The zero-order valence-electron chi connectivity index (χ0n) is 12.6. The summed E-state index contributed by atoms with van der Waals surface area (Å²) in [4.78, 5) is 2.76. The van der Waals surface area contributed by atoms with Crippen molar-refractivity contribution in [2.24, 2.45) is 11.7 Å². The third-order valence-corrected chi connectivity index (χ3v) is 5.20. The van der Waals surface area contributed by atoms with Gasteiger partial charge in [0.15, 0.2) is 0 Å². The molecule has 110 valence electrons. The zero-order chi connectivity index (χ0) is 13.8. The number of piperidine rings is 1. The van der Waals surface area contributed by atoms with Gasteiger partial charge in [0, 0.05) is 12.6 Å². The molecule has 1 aliphatic heterocycles. The van der Waals surface area contributed by atoms with Gasteiger partial charge in [-0.25, -0.2) is 0 Å². The molecule has 3 rings (SSSR count). The Bertz CT molecular complexity index is 410. The fraction of sp³-hybridized carbons (Fsp3) is 0.667. The molecule has 0 spiro atoms. The molecule has 2 nitrogen and oxygen atoms in total. The van der Waals surface area contributed by atoms with Crippen LogP contribution >= 0.6 is 0 Å². The maximum Gasteiger partial charge on any atom is 0.0236 e. The van der Waals surface area contributed by atoms with Gasteiger partial charge >= 0.3 is 0 Å². The van der Waals surface area contributed by atoms with E-state index in [0.29, 0.717) is 0 Å². The minimum Gasteiger partial charge on any atom is -0.330 e. The lowest BCUT2D eigenvalue weighted by Crippen LogP contribution is -2.46. The predicted molar refractivity (Wildman–Crippen MR) is 84.6 cm³/mol. The number of rotatable bonds is 4. The first-order chi connectivity index (χ1) is 9.86. The van der Waals surface area contributed by atoms with E-state index in [4.69, 9.17) is 5.73 Å². The lowest BCUT2D eigenvalue weighted by molar-refractivity contribution is 0.0547. The SMILES string of the molecule is NCCc1ccc(CN2CCC[C@H]3CCCC[C@H]32)cc1. The second-order valence-electron chi connectivity index (χ2n) is 6.58. The predicted octanol–water partition coefficient (Wildman–Crippen LogP) is 3.34. The van der Waals surface area contributed by atoms with Gasteiger partial charge in [0.1, 0.15) is 0 Å². The van der Waals surface area contributed by atoms with Crippen molar-refractivity contribution >= 4 is 0 Å². The molecular formula is C18H28N2. The number of hydrogen-bond donors (Lipinski definition) is 1. The fourth-order valence-electron chi connectivity index (χ4n) is 4.14. The van der Waals surface area contributed by atoms with Crippen molar-refractivity contribution in [3.8, 4) is 0 Å². The topological polar surface area (TPSA) is 29.3 Å². The first kappa shape index (κ1) is 14.1. The Kier molecular flexibility index (Phi) is 4.74. The van der Waals surface area contributed by atoms with Crippen LogP contribution in [0.2, 0.25) is 0 Å². The van der Waals surface area contributed by atoms with E-state index in [1.54, 1.807) is 0 Å². The van der Waals surface area contributed by atoms with Crippen LogP contribution in [0, 0.1) is 5.92 Å². The van der Waals surface area contributed by atoms with Crippen molar-refractivity contribution in [3.05, 3.63) is 35.4 Å². The Morgan fingerprint density at radius 2 is 1.65 bits per heavy atom. The highest BCUT2D eigenvalue weighted by Crippen LogP contribution is 2.35. The van der Waals surface area contributed by atoms with Crippen LogP contribution in [0.3, 0.4) is 0 Å². The van der Waals surface area contributed by atoms with Gasteiger partial charge in [-0.05, 0) is 62.2 Å². The summed E-state index contributed by atoms with van der Waals surface area (Å²) in [7, 11) is 0. The van der Waals surface area contributed by atoms with Gasteiger partial charge in [-0.1, -0.05) is 37.1 Å². The molecule has 0 amide bonds. The Labute approximate surface area is 123 Å². The van der Waals surface area contributed by atoms with Crippen LogP contribution in [0.25, 0.3) is 0 Å². The summed E-state index contributed by atoms with van der Waals surface area (Å²) < 4.78 is 0. The number of likely N-dealkylation sites (tertiary alicyclic amines) is 1. The van der Waals surface area contributed by atoms with E-state index < -0.39 is 0 Å². The summed E-state index contributed by atoms with van der Waals surface area (Å²) >= 11 is 0. The van der Waals surface area contributed by atoms with E-state index in [1.807, 2.05) is 0 Å². The molecule has 20 heavy (non-hydrogen) atoms. The number of nitrogens with two attached hydrogens (primary N) is 1. The minimum absolute atomic E-state index is 0.745. The van der Waals surface area contributed by atoms with Gasteiger partial charge in [0.05, 0.1) is 0 Å². The quantitative estimate of drug-likeness (QED) is 0.911. The Hall–Kier alpha value is -0.860. The fourth-order valence-corrected chi connectivity index (χ4v) is 4.14. The largest absolute Gasteiger partial charge is 0.330 e. The van der Waals surface area contributed by atoms with Crippen molar-refractivity contribution < 1.29 is 0 Å². The highest BCUT2D eigenvalue weighted by Gasteiger charge is 2.32. The molecule has 0 unspecified atom stereocenters. The molecular weight excluding hydrogens is 244 g/mol. The van der Waals surface area contributed by atoms with E-state index in [1.165, 1.54) is 56.2 Å². The lowest BCUT2D eigenvalue weighted by atomic mass is 9.78. The van der Waals surface area contributed by atoms with Crippen molar-refractivity contribution in [2.75, 3.05) is 13.1 Å². The number of hydrogen-bond acceptors (Lipinski definition) is 2. The van der Waals surface area contributed by atoms with Crippen LogP contribution in [0.15, 0.2) is 24.3 Å². The van der Waals surface area contributed by atoms with Gasteiger partial charge < -0.3 is 5.73 Å². The van der Waals surface area contributed by atoms with Gasteiger partial charge in [-0.3, -0.25) is 4.90 Å². The molecule has 1 saturated carbocycles. The van der Waals surface area contributed by atoms with E-state index in [-0.39, 0.29) is 0 Å². The van der Waals surface area contributed by atoms with Crippen LogP contribution in [0.5, 0.6) is 0 Å². The standard InChI is InChI=1S/C18H28N2/c19-12-11-15-7-9-16(10-8-15)14-20-13-3-5-17-4-1-2-6-18(17)20/h7-10,17-18H,1-6,11-14,19H2/t17-,18-/m1/s1. The van der Waals surface area contributed by atoms with E-state index in [9.17, 15) is 0 Å². The molecule has 1 aromatic carbocycles. The van der Waals surface area contributed by atoms with E-state index >= 15 is 0 Å². The Morgan fingerprint density at radius 1 is 0.950 bits per heavy atom. The molecule has 0 radical (unpaired) electrons. The number of benzene rings is 1. The summed E-state index contributed by atoms with van der Waals surface area (Å²) in [5, 5.41) is 0. The summed E-state index contributed by atoms with van der Waals surface area (Å²) in [6.45, 7) is 3.19. The normalized spacial score (nSPS) is 27.2. The van der Waals surface area contributed by atoms with Gasteiger partial charge in [0.25, 0.3) is 0 Å². The Balaban J connectivity index is 1.63. The van der Waals surface area contributed by atoms with E-state index in [0.717, 1.165) is 31.5 Å². The third-order valence-electron chi connectivity index (χ3n) is 5.20. The molecule has 1 aromatic rings. The molecule has 2 atom stereocenters. The number of nitrogens with zero attached hydrogens (tertiary/aromatic N) is 1. The highest BCUT2D eigenvalue weighted by atomic mass is 15.2. The molecule has 1 aliphatic carbocycles. The molecule has 0 aromatic heterocycles. The second-order valence-corrected chi connectivity index (χ2v) is 6.58. The van der Waals surface area contributed by atoms with Crippen molar-refractivity contribution in [3.63, 3.8) is 0 Å².